The minimum atomic E-state index is -1.04. The number of hydrogen-bond donors (Lipinski definition) is 1. The molecule has 6 heteroatoms. The molecular formula is C19H16FNO4. The number of nitrogens with one attached hydrogen (secondary N) is 1. The number of amides is 1. The van der Waals surface area contributed by atoms with Crippen LogP contribution in [0, 0.1) is 12.7 Å². The Bertz CT molecular complexity index is 930. The van der Waals surface area contributed by atoms with Gasteiger partial charge in [-0.3, -0.25) is 4.79 Å². The Morgan fingerprint density at radius 3 is 2.48 bits per heavy atom. The molecule has 0 saturated heterocycles. The summed E-state index contributed by atoms with van der Waals surface area (Å²) in [7, 11) is 0. The van der Waals surface area contributed by atoms with Gasteiger partial charge >= 0.3 is 5.97 Å². The Morgan fingerprint density at radius 2 is 1.80 bits per heavy atom. The van der Waals surface area contributed by atoms with E-state index in [1.54, 1.807) is 19.1 Å². The van der Waals surface area contributed by atoms with Gasteiger partial charge in [-0.25, -0.2) is 9.18 Å². The van der Waals surface area contributed by atoms with Crippen LogP contribution in [0.4, 0.5) is 10.1 Å². The molecule has 1 heterocycles. The van der Waals surface area contributed by atoms with Crippen molar-refractivity contribution >= 4 is 28.5 Å². The van der Waals surface area contributed by atoms with E-state index in [1.165, 1.54) is 31.2 Å². The molecule has 1 amide bonds. The van der Waals surface area contributed by atoms with Crippen LogP contribution in [0.3, 0.4) is 0 Å². The zero-order valence-corrected chi connectivity index (χ0v) is 13.7. The Kier molecular flexibility index (Phi) is 4.52. The number of aryl methyl sites for hydroxylation is 1. The smallest absolute Gasteiger partial charge is 0.375 e. The molecule has 0 aliphatic carbocycles. The van der Waals surface area contributed by atoms with Crippen molar-refractivity contribution in [1.29, 1.82) is 0 Å². The first kappa shape index (κ1) is 16.7. The van der Waals surface area contributed by atoms with Gasteiger partial charge in [0.1, 0.15) is 11.4 Å². The molecular weight excluding hydrogens is 325 g/mol. The molecule has 0 bridgehead atoms. The van der Waals surface area contributed by atoms with Crippen molar-refractivity contribution in [2.45, 2.75) is 20.0 Å². The van der Waals surface area contributed by atoms with Crippen LogP contribution in [0.15, 0.2) is 52.9 Å². The Balaban J connectivity index is 1.69. The van der Waals surface area contributed by atoms with E-state index in [4.69, 9.17) is 9.15 Å². The number of benzene rings is 2. The van der Waals surface area contributed by atoms with Crippen molar-refractivity contribution in [3.05, 3.63) is 65.7 Å². The third-order valence-corrected chi connectivity index (χ3v) is 3.79. The van der Waals surface area contributed by atoms with Crippen molar-refractivity contribution < 1.29 is 23.1 Å². The summed E-state index contributed by atoms with van der Waals surface area (Å²) in [4.78, 5) is 24.4. The molecule has 5 nitrogen and oxygen atoms in total. The zero-order chi connectivity index (χ0) is 18.0. The van der Waals surface area contributed by atoms with Crippen molar-refractivity contribution in [3.63, 3.8) is 0 Å². The van der Waals surface area contributed by atoms with Gasteiger partial charge in [0.05, 0.1) is 0 Å². The van der Waals surface area contributed by atoms with Crippen LogP contribution < -0.4 is 5.32 Å². The first-order chi connectivity index (χ1) is 12.0. The van der Waals surface area contributed by atoms with Crippen molar-refractivity contribution in [2.24, 2.45) is 0 Å². The minimum absolute atomic E-state index is 0.0719. The van der Waals surface area contributed by atoms with Crippen molar-refractivity contribution in [3.8, 4) is 0 Å². The molecule has 0 fully saturated rings. The topological polar surface area (TPSA) is 68.5 Å². The molecule has 128 valence electrons. The quantitative estimate of drug-likeness (QED) is 0.727. The summed E-state index contributed by atoms with van der Waals surface area (Å²) >= 11 is 0. The monoisotopic (exact) mass is 341 g/mol. The van der Waals surface area contributed by atoms with Crippen molar-refractivity contribution in [1.82, 2.24) is 0 Å². The predicted molar refractivity (Wildman–Crippen MR) is 90.9 cm³/mol. The number of para-hydroxylation sites is 1. The van der Waals surface area contributed by atoms with Crippen LogP contribution in [0.1, 0.15) is 23.0 Å². The largest absolute Gasteiger partial charge is 0.449 e. The van der Waals surface area contributed by atoms with Crippen LogP contribution in [0.2, 0.25) is 0 Å². The number of ether oxygens (including phenoxy) is 1. The third kappa shape index (κ3) is 3.52. The van der Waals surface area contributed by atoms with Crippen LogP contribution in [0.25, 0.3) is 11.0 Å². The summed E-state index contributed by atoms with van der Waals surface area (Å²) in [6.45, 7) is 3.21. The third-order valence-electron chi connectivity index (χ3n) is 3.79. The van der Waals surface area contributed by atoms with Gasteiger partial charge in [-0.15, -0.1) is 0 Å². The normalized spacial score (nSPS) is 12.0. The fraction of sp³-hybridized carbons (Fsp3) is 0.158. The van der Waals surface area contributed by atoms with E-state index in [9.17, 15) is 14.0 Å². The number of fused-ring (bicyclic) bond motifs is 1. The van der Waals surface area contributed by atoms with Crippen LogP contribution in [0.5, 0.6) is 0 Å². The number of anilines is 1. The molecule has 0 aliphatic rings. The fourth-order valence-corrected chi connectivity index (χ4v) is 2.41. The number of furan rings is 1. The molecule has 0 spiro atoms. The molecule has 1 N–H and O–H groups in total. The molecule has 3 aromatic rings. The summed E-state index contributed by atoms with van der Waals surface area (Å²) in [6.07, 6.45) is -1.04. The lowest BCUT2D eigenvalue weighted by Crippen LogP contribution is -2.30. The maximum absolute atomic E-state index is 12.9. The minimum Gasteiger partial charge on any atom is -0.449 e. The van der Waals surface area contributed by atoms with E-state index in [1.807, 2.05) is 12.1 Å². The van der Waals surface area contributed by atoms with Crippen molar-refractivity contribution in [2.75, 3.05) is 5.32 Å². The average Bonchev–Trinajstić information content (AvgIpc) is 2.94. The van der Waals surface area contributed by atoms with Gasteiger partial charge < -0.3 is 14.5 Å². The van der Waals surface area contributed by atoms with E-state index in [2.05, 4.69) is 5.32 Å². The van der Waals surface area contributed by atoms with Crippen LogP contribution in [-0.4, -0.2) is 18.0 Å². The number of rotatable bonds is 4. The van der Waals surface area contributed by atoms with E-state index >= 15 is 0 Å². The summed E-state index contributed by atoms with van der Waals surface area (Å²) in [5, 5.41) is 3.37. The van der Waals surface area contributed by atoms with E-state index in [0.717, 1.165) is 5.39 Å². The van der Waals surface area contributed by atoms with Gasteiger partial charge in [0.25, 0.3) is 5.91 Å². The van der Waals surface area contributed by atoms with E-state index < -0.39 is 23.8 Å². The summed E-state index contributed by atoms with van der Waals surface area (Å²) in [6, 6.07) is 12.5. The van der Waals surface area contributed by atoms with Gasteiger partial charge in [-0.1, -0.05) is 18.2 Å². The predicted octanol–water partition coefficient (Wildman–Crippen LogP) is 4.06. The SMILES string of the molecule is Cc1c(C(=O)O[C@H](C)C(=O)Nc2ccc(F)cc2)oc2ccccc12. The molecule has 3 rings (SSSR count). The average molecular weight is 341 g/mol. The van der Waals surface area contributed by atoms with Gasteiger partial charge in [0, 0.05) is 16.6 Å². The number of hydrogen-bond acceptors (Lipinski definition) is 4. The first-order valence-electron chi connectivity index (χ1n) is 7.71. The molecule has 1 aromatic heterocycles. The highest BCUT2D eigenvalue weighted by molar-refractivity contribution is 5.99. The van der Waals surface area contributed by atoms with Crippen LogP contribution in [-0.2, 0) is 9.53 Å². The molecule has 0 saturated carbocycles. The lowest BCUT2D eigenvalue weighted by Gasteiger charge is -2.13. The summed E-state index contributed by atoms with van der Waals surface area (Å²) in [5.74, 6) is -1.57. The second-order valence-corrected chi connectivity index (χ2v) is 5.60. The van der Waals surface area contributed by atoms with Gasteiger partial charge in [-0.2, -0.15) is 0 Å². The highest BCUT2D eigenvalue weighted by Crippen LogP contribution is 2.25. The molecule has 25 heavy (non-hydrogen) atoms. The van der Waals surface area contributed by atoms with Gasteiger partial charge in [0.2, 0.25) is 5.76 Å². The Hall–Kier alpha value is -3.15. The molecule has 0 unspecified atom stereocenters. The second-order valence-electron chi connectivity index (χ2n) is 5.60. The lowest BCUT2D eigenvalue weighted by atomic mass is 10.1. The maximum Gasteiger partial charge on any atom is 0.375 e. The Morgan fingerprint density at radius 1 is 1.12 bits per heavy atom. The van der Waals surface area contributed by atoms with Crippen LogP contribution >= 0.6 is 0 Å². The molecule has 0 aliphatic heterocycles. The second kappa shape index (κ2) is 6.76. The van der Waals surface area contributed by atoms with Gasteiger partial charge in [0.15, 0.2) is 6.10 Å². The zero-order valence-electron chi connectivity index (χ0n) is 13.7. The molecule has 0 radical (unpaired) electrons. The summed E-state index contributed by atoms with van der Waals surface area (Å²) in [5.41, 5.74) is 1.65. The Labute approximate surface area is 143 Å². The first-order valence-corrected chi connectivity index (χ1v) is 7.71. The highest BCUT2D eigenvalue weighted by atomic mass is 19.1. The number of esters is 1. The standard InChI is InChI=1S/C19H16FNO4/c1-11-15-5-3-4-6-16(15)25-17(11)19(23)24-12(2)18(22)21-14-9-7-13(20)8-10-14/h3-10,12H,1-2H3,(H,21,22)/t12-/m1/s1. The van der Waals surface area contributed by atoms with Gasteiger partial charge in [-0.05, 0) is 44.2 Å². The lowest BCUT2D eigenvalue weighted by molar-refractivity contribution is -0.123. The van der Waals surface area contributed by atoms with E-state index in [0.29, 0.717) is 16.8 Å². The fourth-order valence-electron chi connectivity index (χ4n) is 2.41. The number of carbonyl (C=O) groups excluding carboxylic acids is 2. The number of halogens is 1. The maximum atomic E-state index is 12.9. The number of carbonyl (C=O) groups is 2. The highest BCUT2D eigenvalue weighted by Gasteiger charge is 2.24. The molecule has 2 aromatic carbocycles. The molecule has 1 atom stereocenters. The summed E-state index contributed by atoms with van der Waals surface area (Å²) < 4.78 is 23.6. The van der Waals surface area contributed by atoms with E-state index in [-0.39, 0.29) is 5.76 Å².